The molecule has 1 aromatic carbocycles. The summed E-state index contributed by atoms with van der Waals surface area (Å²) in [5.41, 5.74) is -0.858. The summed E-state index contributed by atoms with van der Waals surface area (Å²) in [6, 6.07) is 2.24. The minimum atomic E-state index is -2.91. The zero-order chi connectivity index (χ0) is 16.7. The fourth-order valence-electron chi connectivity index (χ4n) is 3.53. The second kappa shape index (κ2) is 5.88. The summed E-state index contributed by atoms with van der Waals surface area (Å²) in [7, 11) is 0. The van der Waals surface area contributed by atoms with Crippen molar-refractivity contribution < 1.29 is 28.2 Å². The van der Waals surface area contributed by atoms with Crippen LogP contribution in [0.5, 0.6) is 0 Å². The van der Waals surface area contributed by atoms with E-state index in [4.69, 9.17) is 9.84 Å². The number of hydrogen-bond acceptors (Lipinski definition) is 3. The van der Waals surface area contributed by atoms with Gasteiger partial charge < -0.3 is 14.7 Å². The van der Waals surface area contributed by atoms with Crippen molar-refractivity contribution in [3.05, 3.63) is 34.4 Å². The highest BCUT2D eigenvalue weighted by Gasteiger charge is 2.41. The molecule has 2 aliphatic rings. The fraction of sp³-hybridized carbons (Fsp3) is 0.500. The van der Waals surface area contributed by atoms with E-state index in [0.29, 0.717) is 13.2 Å². The number of fused-ring (bicyclic) bond motifs is 2. The predicted octanol–water partition coefficient (Wildman–Crippen LogP) is 2.63. The van der Waals surface area contributed by atoms with Crippen molar-refractivity contribution in [3.63, 3.8) is 0 Å². The van der Waals surface area contributed by atoms with Crippen LogP contribution in [0.3, 0.4) is 0 Å². The third-order valence-electron chi connectivity index (χ3n) is 4.67. The molecule has 3 rings (SSSR count). The second-order valence-electron chi connectivity index (χ2n) is 5.94. The van der Waals surface area contributed by atoms with Crippen molar-refractivity contribution in [1.82, 2.24) is 4.90 Å². The number of carboxylic acid groups (broad SMARTS) is 1. The van der Waals surface area contributed by atoms with Gasteiger partial charge in [-0.3, -0.25) is 4.79 Å². The Morgan fingerprint density at radius 2 is 1.78 bits per heavy atom. The van der Waals surface area contributed by atoms with Crippen LogP contribution in [-0.4, -0.2) is 47.2 Å². The largest absolute Gasteiger partial charge is 0.478 e. The van der Waals surface area contributed by atoms with Crippen LogP contribution >= 0.6 is 0 Å². The summed E-state index contributed by atoms with van der Waals surface area (Å²) in [5.74, 6) is -1.74. The monoisotopic (exact) mass is 325 g/mol. The third kappa shape index (κ3) is 2.59. The van der Waals surface area contributed by atoms with E-state index in [1.165, 1.54) is 19.1 Å². The van der Waals surface area contributed by atoms with Gasteiger partial charge in [-0.15, -0.1) is 0 Å². The quantitative estimate of drug-likeness (QED) is 0.928. The number of morpholine rings is 1. The highest BCUT2D eigenvalue weighted by molar-refractivity contribution is 5.99. The number of carboxylic acids is 1. The molecule has 2 saturated heterocycles. The molecule has 2 atom stereocenters. The predicted molar refractivity (Wildman–Crippen MR) is 76.9 cm³/mol. The minimum absolute atomic E-state index is 0.0565. The minimum Gasteiger partial charge on any atom is -0.478 e. The van der Waals surface area contributed by atoms with Gasteiger partial charge in [0.25, 0.3) is 12.3 Å². The van der Waals surface area contributed by atoms with Crippen molar-refractivity contribution in [2.45, 2.75) is 38.3 Å². The van der Waals surface area contributed by atoms with Crippen molar-refractivity contribution in [2.75, 3.05) is 13.2 Å². The van der Waals surface area contributed by atoms with Gasteiger partial charge in [0, 0.05) is 11.1 Å². The standard InChI is InChI=1S/C16H17F2NO4/c1-8-11(16(21)22)4-5-12(13(8)14(17)18)15(20)19-9-2-3-10(19)7-23-6-9/h4-5,9-10,14H,2-3,6-7H2,1H3,(H,21,22). The van der Waals surface area contributed by atoms with Gasteiger partial charge >= 0.3 is 5.97 Å². The van der Waals surface area contributed by atoms with Crippen LogP contribution in [0.2, 0.25) is 0 Å². The SMILES string of the molecule is Cc1c(C(=O)O)ccc(C(=O)N2C3CCC2COC3)c1C(F)F. The first-order valence-electron chi connectivity index (χ1n) is 7.47. The number of alkyl halides is 2. The average Bonchev–Trinajstić information content (AvgIpc) is 2.74. The smallest absolute Gasteiger partial charge is 0.335 e. The number of amides is 1. The van der Waals surface area contributed by atoms with E-state index in [1.54, 1.807) is 4.90 Å². The molecule has 0 saturated carbocycles. The summed E-state index contributed by atoms with van der Waals surface area (Å²) in [6.07, 6.45) is -1.31. The van der Waals surface area contributed by atoms with Gasteiger partial charge in [-0.2, -0.15) is 0 Å². The summed E-state index contributed by atoms with van der Waals surface area (Å²) in [4.78, 5) is 25.6. The first kappa shape index (κ1) is 15.9. The molecular formula is C16H17F2NO4. The number of nitrogens with zero attached hydrogens (tertiary/aromatic N) is 1. The highest BCUT2D eigenvalue weighted by atomic mass is 19.3. The molecule has 23 heavy (non-hydrogen) atoms. The van der Waals surface area contributed by atoms with Gasteiger partial charge in [-0.1, -0.05) is 0 Å². The van der Waals surface area contributed by atoms with E-state index >= 15 is 0 Å². The normalized spacial score (nSPS) is 23.4. The Morgan fingerprint density at radius 1 is 1.22 bits per heavy atom. The van der Waals surface area contributed by atoms with Crippen LogP contribution in [0.15, 0.2) is 12.1 Å². The molecule has 7 heteroatoms. The second-order valence-corrected chi connectivity index (χ2v) is 5.94. The van der Waals surface area contributed by atoms with Crippen LogP contribution in [0.4, 0.5) is 8.78 Å². The van der Waals surface area contributed by atoms with E-state index in [9.17, 15) is 18.4 Å². The Hall–Kier alpha value is -2.02. The Morgan fingerprint density at radius 3 is 2.30 bits per heavy atom. The molecule has 2 aliphatic heterocycles. The topological polar surface area (TPSA) is 66.8 Å². The van der Waals surface area contributed by atoms with Crippen LogP contribution in [0.25, 0.3) is 0 Å². The number of rotatable bonds is 3. The maximum Gasteiger partial charge on any atom is 0.335 e. The average molecular weight is 325 g/mol. The first-order valence-corrected chi connectivity index (χ1v) is 7.47. The van der Waals surface area contributed by atoms with Gasteiger partial charge in [0.05, 0.1) is 30.9 Å². The van der Waals surface area contributed by atoms with E-state index in [0.717, 1.165) is 12.8 Å². The molecule has 5 nitrogen and oxygen atoms in total. The van der Waals surface area contributed by atoms with Crippen molar-refractivity contribution in [3.8, 4) is 0 Å². The Kier molecular flexibility index (Phi) is 4.06. The molecule has 0 aromatic heterocycles. The molecule has 124 valence electrons. The number of benzene rings is 1. The number of carbonyl (C=O) groups excluding carboxylic acids is 1. The van der Waals surface area contributed by atoms with E-state index in [-0.39, 0.29) is 28.8 Å². The molecule has 1 N–H and O–H groups in total. The molecule has 2 unspecified atom stereocenters. The van der Waals surface area contributed by atoms with Crippen LogP contribution in [-0.2, 0) is 4.74 Å². The number of ether oxygens (including phenoxy) is 1. The summed E-state index contributed by atoms with van der Waals surface area (Å²) in [5, 5.41) is 9.09. The molecule has 2 fully saturated rings. The van der Waals surface area contributed by atoms with Crippen LogP contribution < -0.4 is 0 Å². The maximum atomic E-state index is 13.5. The lowest BCUT2D eigenvalue weighted by Gasteiger charge is -2.35. The van der Waals surface area contributed by atoms with Crippen molar-refractivity contribution in [2.24, 2.45) is 0 Å². The van der Waals surface area contributed by atoms with Crippen molar-refractivity contribution >= 4 is 11.9 Å². The fourth-order valence-corrected chi connectivity index (χ4v) is 3.53. The Labute approximate surface area is 131 Å². The lowest BCUT2D eigenvalue weighted by molar-refractivity contribution is -0.00747. The Balaban J connectivity index is 2.04. The van der Waals surface area contributed by atoms with Crippen molar-refractivity contribution in [1.29, 1.82) is 0 Å². The van der Waals surface area contributed by atoms with E-state index in [2.05, 4.69) is 0 Å². The Bertz CT molecular complexity index is 646. The molecule has 0 radical (unpaired) electrons. The highest BCUT2D eigenvalue weighted by Crippen LogP contribution is 2.34. The van der Waals surface area contributed by atoms with Gasteiger partial charge in [0.2, 0.25) is 0 Å². The van der Waals surface area contributed by atoms with Gasteiger partial charge in [0.15, 0.2) is 0 Å². The zero-order valence-electron chi connectivity index (χ0n) is 12.6. The van der Waals surface area contributed by atoms with Gasteiger partial charge in [-0.05, 0) is 37.5 Å². The molecular weight excluding hydrogens is 308 g/mol. The number of halogens is 2. The molecule has 1 amide bonds. The van der Waals surface area contributed by atoms with Gasteiger partial charge in [-0.25, -0.2) is 13.6 Å². The maximum absolute atomic E-state index is 13.5. The molecule has 0 spiro atoms. The number of aromatic carboxylic acids is 1. The summed E-state index contributed by atoms with van der Waals surface area (Å²) in [6.45, 7) is 2.15. The molecule has 0 aliphatic carbocycles. The lowest BCUT2D eigenvalue weighted by Crippen LogP contribution is -2.49. The van der Waals surface area contributed by atoms with E-state index < -0.39 is 23.9 Å². The van der Waals surface area contributed by atoms with Gasteiger partial charge in [0.1, 0.15) is 0 Å². The van der Waals surface area contributed by atoms with Crippen LogP contribution in [0, 0.1) is 6.92 Å². The summed E-state index contributed by atoms with van der Waals surface area (Å²) >= 11 is 0. The molecule has 2 heterocycles. The number of hydrogen-bond donors (Lipinski definition) is 1. The first-order chi connectivity index (χ1) is 10.9. The van der Waals surface area contributed by atoms with E-state index in [1.807, 2.05) is 0 Å². The molecule has 1 aromatic rings. The van der Waals surface area contributed by atoms with Crippen LogP contribution in [0.1, 0.15) is 51.1 Å². The summed E-state index contributed by atoms with van der Waals surface area (Å²) < 4.78 is 32.4. The third-order valence-corrected chi connectivity index (χ3v) is 4.67. The zero-order valence-corrected chi connectivity index (χ0v) is 12.6. The molecule has 2 bridgehead atoms. The lowest BCUT2D eigenvalue weighted by atomic mass is 9.95. The number of carbonyl (C=O) groups is 2.